The second-order valence-corrected chi connectivity index (χ2v) is 5.34. The molecule has 0 spiro atoms. The van der Waals surface area contributed by atoms with Gasteiger partial charge in [-0.1, -0.05) is 29.4 Å². The van der Waals surface area contributed by atoms with Gasteiger partial charge in [-0.05, 0) is 37.3 Å². The summed E-state index contributed by atoms with van der Waals surface area (Å²) in [6, 6.07) is 7.83. The Hall–Kier alpha value is -1.00. The Morgan fingerprint density at radius 2 is 2.18 bits per heavy atom. The first kappa shape index (κ1) is 11.1. The van der Waals surface area contributed by atoms with Crippen LogP contribution in [0.2, 0.25) is 5.02 Å². The summed E-state index contributed by atoms with van der Waals surface area (Å²) >= 11 is 7.65. The van der Waals surface area contributed by atoms with Crippen LogP contribution < -0.4 is 0 Å². The standard InChI is InChI=1S/C12H12ClN3S/c1-17-12-15-14-11(8-5-6-8)16(12)10-4-2-3-9(13)7-10/h2-4,7-8H,5-6H2,1H3. The summed E-state index contributed by atoms with van der Waals surface area (Å²) in [6.45, 7) is 0. The van der Waals surface area contributed by atoms with Crippen molar-refractivity contribution < 1.29 is 0 Å². The molecule has 0 amide bonds. The Balaban J connectivity index is 2.14. The lowest BCUT2D eigenvalue weighted by Gasteiger charge is -2.08. The van der Waals surface area contributed by atoms with Crippen LogP contribution >= 0.6 is 23.4 Å². The summed E-state index contributed by atoms with van der Waals surface area (Å²) in [4.78, 5) is 0. The average Bonchev–Trinajstić information content (AvgIpc) is 3.08. The van der Waals surface area contributed by atoms with Gasteiger partial charge in [0.05, 0.1) is 5.69 Å². The number of nitrogens with zero attached hydrogens (tertiary/aromatic N) is 3. The fraction of sp³-hybridized carbons (Fsp3) is 0.333. The highest BCUT2D eigenvalue weighted by molar-refractivity contribution is 7.98. The van der Waals surface area contributed by atoms with Gasteiger partial charge >= 0.3 is 0 Å². The minimum atomic E-state index is 0.572. The SMILES string of the molecule is CSc1nnc(C2CC2)n1-c1cccc(Cl)c1. The third-order valence-corrected chi connectivity index (χ3v) is 3.71. The summed E-state index contributed by atoms with van der Waals surface area (Å²) < 4.78 is 2.12. The van der Waals surface area contributed by atoms with Crippen LogP contribution in [0, 0.1) is 0 Å². The van der Waals surface area contributed by atoms with E-state index in [9.17, 15) is 0 Å². The van der Waals surface area contributed by atoms with Crippen LogP contribution in [0.3, 0.4) is 0 Å². The fourth-order valence-electron chi connectivity index (χ4n) is 1.88. The lowest BCUT2D eigenvalue weighted by Crippen LogP contribution is -2.01. The van der Waals surface area contributed by atoms with E-state index in [-0.39, 0.29) is 0 Å². The van der Waals surface area contributed by atoms with E-state index < -0.39 is 0 Å². The maximum atomic E-state index is 6.04. The van der Waals surface area contributed by atoms with Gasteiger partial charge in [-0.25, -0.2) is 0 Å². The second kappa shape index (κ2) is 4.35. The van der Waals surface area contributed by atoms with Crippen LogP contribution in [0.5, 0.6) is 0 Å². The van der Waals surface area contributed by atoms with Crippen molar-refractivity contribution in [1.29, 1.82) is 0 Å². The maximum absolute atomic E-state index is 6.04. The van der Waals surface area contributed by atoms with Gasteiger partial charge in [0.25, 0.3) is 0 Å². The molecule has 3 nitrogen and oxygen atoms in total. The molecule has 0 atom stereocenters. The molecule has 0 N–H and O–H groups in total. The summed E-state index contributed by atoms with van der Waals surface area (Å²) in [7, 11) is 0. The minimum absolute atomic E-state index is 0.572. The van der Waals surface area contributed by atoms with Crippen LogP contribution in [0.4, 0.5) is 0 Å². The van der Waals surface area contributed by atoms with Gasteiger partial charge < -0.3 is 0 Å². The van der Waals surface area contributed by atoms with Crippen LogP contribution in [0.1, 0.15) is 24.6 Å². The molecule has 1 aromatic heterocycles. The first-order valence-corrected chi connectivity index (χ1v) is 7.15. The molecule has 1 aromatic carbocycles. The highest BCUT2D eigenvalue weighted by atomic mass is 35.5. The normalized spacial score (nSPS) is 15.2. The molecule has 0 saturated heterocycles. The molecule has 0 bridgehead atoms. The fourth-order valence-corrected chi connectivity index (χ4v) is 2.57. The van der Waals surface area contributed by atoms with E-state index in [2.05, 4.69) is 14.8 Å². The van der Waals surface area contributed by atoms with Gasteiger partial charge in [0.1, 0.15) is 5.82 Å². The number of halogens is 1. The Kier molecular flexibility index (Phi) is 2.84. The average molecular weight is 266 g/mol. The predicted octanol–water partition coefficient (Wildman–Crippen LogP) is 3.52. The van der Waals surface area contributed by atoms with Crippen molar-refractivity contribution in [2.75, 3.05) is 6.26 Å². The largest absolute Gasteiger partial charge is 0.274 e. The molecular formula is C12H12ClN3S. The summed E-state index contributed by atoms with van der Waals surface area (Å²) in [5.41, 5.74) is 1.05. The first-order valence-electron chi connectivity index (χ1n) is 5.55. The lowest BCUT2D eigenvalue weighted by molar-refractivity contribution is 0.831. The van der Waals surface area contributed by atoms with Crippen molar-refractivity contribution in [1.82, 2.24) is 14.8 Å². The zero-order valence-electron chi connectivity index (χ0n) is 9.43. The quantitative estimate of drug-likeness (QED) is 0.796. The van der Waals surface area contributed by atoms with Crippen molar-refractivity contribution in [2.24, 2.45) is 0 Å². The molecule has 88 valence electrons. The Morgan fingerprint density at radius 1 is 1.35 bits per heavy atom. The van der Waals surface area contributed by atoms with E-state index in [4.69, 9.17) is 11.6 Å². The second-order valence-electron chi connectivity index (χ2n) is 4.13. The zero-order chi connectivity index (χ0) is 11.8. The van der Waals surface area contributed by atoms with Crippen molar-refractivity contribution in [3.63, 3.8) is 0 Å². The van der Waals surface area contributed by atoms with E-state index in [0.717, 1.165) is 21.7 Å². The Bertz CT molecular complexity index is 548. The molecule has 0 unspecified atom stereocenters. The third-order valence-electron chi connectivity index (χ3n) is 2.85. The van der Waals surface area contributed by atoms with E-state index in [1.54, 1.807) is 11.8 Å². The monoisotopic (exact) mass is 265 g/mol. The first-order chi connectivity index (χ1) is 8.29. The predicted molar refractivity (Wildman–Crippen MR) is 70.1 cm³/mol. The smallest absolute Gasteiger partial charge is 0.195 e. The molecule has 17 heavy (non-hydrogen) atoms. The van der Waals surface area contributed by atoms with Crippen molar-refractivity contribution >= 4 is 23.4 Å². The van der Waals surface area contributed by atoms with Crippen LogP contribution in [0.15, 0.2) is 29.4 Å². The molecule has 1 fully saturated rings. The van der Waals surface area contributed by atoms with Gasteiger partial charge in [0.2, 0.25) is 0 Å². The van der Waals surface area contributed by atoms with E-state index in [0.29, 0.717) is 5.92 Å². The molecule has 1 heterocycles. The molecule has 3 rings (SSSR count). The highest BCUT2D eigenvalue weighted by Gasteiger charge is 2.30. The number of hydrogen-bond acceptors (Lipinski definition) is 3. The van der Waals surface area contributed by atoms with Crippen LogP contribution in [-0.4, -0.2) is 21.0 Å². The molecule has 2 aromatic rings. The number of rotatable bonds is 3. The summed E-state index contributed by atoms with van der Waals surface area (Å²) in [6.07, 6.45) is 4.45. The molecule has 1 aliphatic rings. The number of aromatic nitrogens is 3. The zero-order valence-corrected chi connectivity index (χ0v) is 11.0. The topological polar surface area (TPSA) is 30.7 Å². The van der Waals surface area contributed by atoms with Crippen LogP contribution in [0.25, 0.3) is 5.69 Å². The van der Waals surface area contributed by atoms with Gasteiger partial charge in [0.15, 0.2) is 5.16 Å². The number of benzene rings is 1. The van der Waals surface area contributed by atoms with Crippen molar-refractivity contribution in [3.05, 3.63) is 35.1 Å². The molecule has 5 heteroatoms. The lowest BCUT2D eigenvalue weighted by atomic mass is 10.3. The minimum Gasteiger partial charge on any atom is -0.274 e. The van der Waals surface area contributed by atoms with E-state index in [1.807, 2.05) is 30.5 Å². The van der Waals surface area contributed by atoms with Gasteiger partial charge in [-0.2, -0.15) is 0 Å². The highest BCUT2D eigenvalue weighted by Crippen LogP contribution is 2.41. The number of thioether (sulfide) groups is 1. The molecule has 1 aliphatic carbocycles. The van der Waals surface area contributed by atoms with Crippen molar-refractivity contribution in [3.8, 4) is 5.69 Å². The Morgan fingerprint density at radius 3 is 2.82 bits per heavy atom. The maximum Gasteiger partial charge on any atom is 0.195 e. The van der Waals surface area contributed by atoms with Crippen LogP contribution in [-0.2, 0) is 0 Å². The van der Waals surface area contributed by atoms with E-state index >= 15 is 0 Å². The van der Waals surface area contributed by atoms with Gasteiger partial charge in [-0.15, -0.1) is 10.2 Å². The number of hydrogen-bond donors (Lipinski definition) is 0. The molecule has 0 aliphatic heterocycles. The molecular weight excluding hydrogens is 254 g/mol. The van der Waals surface area contributed by atoms with E-state index in [1.165, 1.54) is 12.8 Å². The summed E-state index contributed by atoms with van der Waals surface area (Å²) in [5, 5.41) is 10.2. The van der Waals surface area contributed by atoms with Gasteiger partial charge in [0, 0.05) is 10.9 Å². The molecule has 0 radical (unpaired) electrons. The summed E-state index contributed by atoms with van der Waals surface area (Å²) in [5.74, 6) is 1.64. The van der Waals surface area contributed by atoms with Gasteiger partial charge in [-0.3, -0.25) is 4.57 Å². The molecule has 1 saturated carbocycles. The third kappa shape index (κ3) is 2.07. The van der Waals surface area contributed by atoms with Crippen molar-refractivity contribution in [2.45, 2.75) is 23.9 Å². The Labute approximate surface area is 109 Å².